The predicted molar refractivity (Wildman–Crippen MR) is 148 cm³/mol. The Labute approximate surface area is 219 Å². The zero-order chi connectivity index (χ0) is 22.7. The molecule has 1 aliphatic heterocycles. The van der Waals surface area contributed by atoms with Gasteiger partial charge in [-0.15, -0.1) is 24.0 Å². The van der Waals surface area contributed by atoms with Crippen LogP contribution in [0.2, 0.25) is 0 Å². The third-order valence-corrected chi connectivity index (χ3v) is 5.68. The summed E-state index contributed by atoms with van der Waals surface area (Å²) in [5, 5.41) is 11.1. The number of ether oxygens (including phenoxy) is 1. The molecule has 182 valence electrons. The molecule has 4 rings (SSSR count). The van der Waals surface area contributed by atoms with E-state index in [1.165, 1.54) is 16.7 Å². The van der Waals surface area contributed by atoms with Gasteiger partial charge in [0.2, 0.25) is 0 Å². The van der Waals surface area contributed by atoms with Gasteiger partial charge in [0.05, 0.1) is 25.4 Å². The van der Waals surface area contributed by atoms with Crippen LogP contribution >= 0.6 is 24.0 Å². The second-order valence-electron chi connectivity index (χ2n) is 8.20. The average Bonchev–Trinajstić information content (AvgIpc) is 3.39. The Bertz CT molecular complexity index is 1000. The Morgan fingerprint density at radius 3 is 2.53 bits per heavy atom. The van der Waals surface area contributed by atoms with Gasteiger partial charge < -0.3 is 15.4 Å². The van der Waals surface area contributed by atoms with E-state index in [2.05, 4.69) is 76.1 Å². The number of guanidine groups is 1. The van der Waals surface area contributed by atoms with Crippen molar-refractivity contribution >= 4 is 29.9 Å². The van der Waals surface area contributed by atoms with E-state index in [9.17, 15) is 0 Å². The summed E-state index contributed by atoms with van der Waals surface area (Å²) in [7, 11) is 0. The molecule has 0 amide bonds. The third kappa shape index (κ3) is 8.11. The molecule has 0 spiro atoms. The standard InChI is InChI=1S/C26H34N6O.HI/c1-2-27-26(28-13-11-22-7-9-25(10-8-22)32-14-4-12-30-32)29-20-23-5-3-6-24(19-23)21-31-15-17-33-18-16-31;/h3-10,12,14,19H,2,11,13,15-18,20-21H2,1H3,(H2,27,28,29);1H. The highest BCUT2D eigenvalue weighted by Gasteiger charge is 2.10. The average molecular weight is 575 g/mol. The smallest absolute Gasteiger partial charge is 0.191 e. The number of morpholine rings is 1. The lowest BCUT2D eigenvalue weighted by molar-refractivity contribution is 0.0342. The van der Waals surface area contributed by atoms with Gasteiger partial charge in [-0.3, -0.25) is 4.90 Å². The largest absolute Gasteiger partial charge is 0.379 e. The fourth-order valence-corrected chi connectivity index (χ4v) is 3.92. The van der Waals surface area contributed by atoms with Crippen LogP contribution < -0.4 is 10.6 Å². The van der Waals surface area contributed by atoms with Crippen LogP contribution in [-0.4, -0.2) is 60.0 Å². The molecule has 0 unspecified atom stereocenters. The lowest BCUT2D eigenvalue weighted by atomic mass is 10.1. The topological polar surface area (TPSA) is 66.7 Å². The van der Waals surface area contributed by atoms with Crippen LogP contribution in [0.25, 0.3) is 5.69 Å². The van der Waals surface area contributed by atoms with E-state index < -0.39 is 0 Å². The molecule has 0 aliphatic carbocycles. The summed E-state index contributed by atoms with van der Waals surface area (Å²) < 4.78 is 7.32. The molecule has 2 aromatic carbocycles. The Hall–Kier alpha value is -2.43. The summed E-state index contributed by atoms with van der Waals surface area (Å²) in [6.45, 7) is 9.04. The minimum absolute atomic E-state index is 0. The van der Waals surface area contributed by atoms with Crippen LogP contribution in [0.15, 0.2) is 72.0 Å². The molecular weight excluding hydrogens is 539 g/mol. The van der Waals surface area contributed by atoms with Gasteiger partial charge in [0, 0.05) is 45.1 Å². The van der Waals surface area contributed by atoms with Crippen LogP contribution in [0.1, 0.15) is 23.6 Å². The number of rotatable bonds is 9. The van der Waals surface area contributed by atoms with Gasteiger partial charge in [0.1, 0.15) is 0 Å². The number of hydrogen-bond donors (Lipinski definition) is 2. The van der Waals surface area contributed by atoms with Gasteiger partial charge in [-0.1, -0.05) is 36.4 Å². The molecule has 34 heavy (non-hydrogen) atoms. The quantitative estimate of drug-likeness (QED) is 0.232. The van der Waals surface area contributed by atoms with Crippen molar-refractivity contribution in [3.05, 3.63) is 83.7 Å². The van der Waals surface area contributed by atoms with Crippen molar-refractivity contribution in [3.63, 3.8) is 0 Å². The molecule has 8 heteroatoms. The predicted octanol–water partition coefficient (Wildman–Crippen LogP) is 3.62. The molecule has 1 fully saturated rings. The van der Waals surface area contributed by atoms with Crippen molar-refractivity contribution < 1.29 is 4.74 Å². The highest BCUT2D eigenvalue weighted by molar-refractivity contribution is 14.0. The summed E-state index contributed by atoms with van der Waals surface area (Å²) >= 11 is 0. The van der Waals surface area contributed by atoms with Crippen LogP contribution in [0, 0.1) is 0 Å². The molecule has 7 nitrogen and oxygen atoms in total. The van der Waals surface area contributed by atoms with E-state index in [1.54, 1.807) is 6.20 Å². The Balaban J connectivity index is 0.00000324. The fourth-order valence-electron chi connectivity index (χ4n) is 3.92. The Kier molecular flexibility index (Phi) is 10.8. The van der Waals surface area contributed by atoms with Crippen molar-refractivity contribution in [1.82, 2.24) is 25.3 Å². The zero-order valence-electron chi connectivity index (χ0n) is 19.8. The van der Waals surface area contributed by atoms with E-state index in [-0.39, 0.29) is 24.0 Å². The first-order chi connectivity index (χ1) is 16.3. The SMILES string of the molecule is CCNC(=NCc1cccc(CN2CCOCC2)c1)NCCc1ccc(-n2cccn2)cc1.I. The number of aromatic nitrogens is 2. The van der Waals surface area contributed by atoms with Crippen LogP contribution in [-0.2, 0) is 24.2 Å². The summed E-state index contributed by atoms with van der Waals surface area (Å²) in [6, 6.07) is 19.2. The second kappa shape index (κ2) is 14.1. The minimum Gasteiger partial charge on any atom is -0.379 e. The third-order valence-electron chi connectivity index (χ3n) is 5.68. The molecule has 3 aromatic rings. The number of nitrogens with one attached hydrogen (secondary N) is 2. The highest BCUT2D eigenvalue weighted by atomic mass is 127. The van der Waals surface area contributed by atoms with E-state index in [4.69, 9.17) is 9.73 Å². The van der Waals surface area contributed by atoms with Gasteiger partial charge >= 0.3 is 0 Å². The zero-order valence-corrected chi connectivity index (χ0v) is 22.2. The van der Waals surface area contributed by atoms with E-state index in [1.807, 2.05) is 16.9 Å². The van der Waals surface area contributed by atoms with Crippen molar-refractivity contribution in [2.75, 3.05) is 39.4 Å². The molecule has 2 heterocycles. The molecule has 0 atom stereocenters. The van der Waals surface area contributed by atoms with Gasteiger partial charge in [-0.2, -0.15) is 5.10 Å². The van der Waals surface area contributed by atoms with Crippen LogP contribution in [0.3, 0.4) is 0 Å². The van der Waals surface area contributed by atoms with Crippen molar-refractivity contribution in [2.45, 2.75) is 26.4 Å². The molecule has 1 aromatic heterocycles. The van der Waals surface area contributed by atoms with E-state index >= 15 is 0 Å². The maximum absolute atomic E-state index is 5.45. The second-order valence-corrected chi connectivity index (χ2v) is 8.20. The van der Waals surface area contributed by atoms with Crippen LogP contribution in [0.5, 0.6) is 0 Å². The monoisotopic (exact) mass is 574 g/mol. The number of halogens is 1. The summed E-state index contributed by atoms with van der Waals surface area (Å²) in [5.41, 5.74) is 4.92. The lowest BCUT2D eigenvalue weighted by Gasteiger charge is -2.26. The fraction of sp³-hybridized carbons (Fsp3) is 0.385. The first-order valence-electron chi connectivity index (χ1n) is 11.8. The lowest BCUT2D eigenvalue weighted by Crippen LogP contribution is -2.38. The highest BCUT2D eigenvalue weighted by Crippen LogP contribution is 2.11. The molecule has 2 N–H and O–H groups in total. The maximum Gasteiger partial charge on any atom is 0.191 e. The summed E-state index contributed by atoms with van der Waals surface area (Å²) in [4.78, 5) is 7.24. The van der Waals surface area contributed by atoms with Crippen molar-refractivity contribution in [1.29, 1.82) is 0 Å². The van der Waals surface area contributed by atoms with Crippen molar-refractivity contribution in [3.8, 4) is 5.69 Å². The Morgan fingerprint density at radius 2 is 1.79 bits per heavy atom. The molecule has 1 saturated heterocycles. The maximum atomic E-state index is 5.45. The van der Waals surface area contributed by atoms with E-state index in [0.29, 0.717) is 6.54 Å². The minimum atomic E-state index is 0. The molecule has 0 saturated carbocycles. The first kappa shape index (κ1) is 26.2. The summed E-state index contributed by atoms with van der Waals surface area (Å²) in [5.74, 6) is 0.851. The van der Waals surface area contributed by atoms with Crippen molar-refractivity contribution in [2.24, 2.45) is 4.99 Å². The van der Waals surface area contributed by atoms with Gasteiger partial charge in [-0.25, -0.2) is 9.67 Å². The van der Waals surface area contributed by atoms with E-state index in [0.717, 1.165) is 64.0 Å². The number of aliphatic imine (C=N–C) groups is 1. The number of benzene rings is 2. The number of nitrogens with zero attached hydrogens (tertiary/aromatic N) is 4. The molecule has 0 bridgehead atoms. The normalized spacial score (nSPS) is 14.4. The van der Waals surface area contributed by atoms with Gasteiger partial charge in [0.25, 0.3) is 0 Å². The molecular formula is C26H35IN6O. The number of hydrogen-bond acceptors (Lipinski definition) is 4. The first-order valence-corrected chi connectivity index (χ1v) is 11.8. The molecule has 1 aliphatic rings. The van der Waals surface area contributed by atoms with Crippen LogP contribution in [0.4, 0.5) is 0 Å². The van der Waals surface area contributed by atoms with Gasteiger partial charge in [-0.05, 0) is 48.2 Å². The van der Waals surface area contributed by atoms with Gasteiger partial charge in [0.15, 0.2) is 5.96 Å². The Morgan fingerprint density at radius 1 is 1.00 bits per heavy atom. The summed E-state index contributed by atoms with van der Waals surface area (Å²) in [6.07, 6.45) is 4.67. The molecule has 0 radical (unpaired) electrons.